The number of hydrogen-bond donors (Lipinski definition) is 1. The van der Waals surface area contributed by atoms with Crippen LogP contribution in [0.2, 0.25) is 10.0 Å². The van der Waals surface area contributed by atoms with Gasteiger partial charge in [0, 0.05) is 49.7 Å². The summed E-state index contributed by atoms with van der Waals surface area (Å²) in [5.74, 6) is 0.657. The van der Waals surface area contributed by atoms with Gasteiger partial charge in [-0.25, -0.2) is 14.8 Å². The number of likely N-dealkylation sites (tertiary alicyclic amines) is 2. The lowest BCUT2D eigenvalue weighted by Crippen LogP contribution is -2.50. The number of carbonyl (C=O) groups is 1. The van der Waals surface area contributed by atoms with E-state index in [2.05, 4.69) is 20.2 Å². The third-order valence-corrected chi connectivity index (χ3v) is 7.53. The van der Waals surface area contributed by atoms with Crippen LogP contribution in [0.25, 0.3) is 5.78 Å². The molecule has 3 aromatic rings. The molecule has 0 bridgehead atoms. The van der Waals surface area contributed by atoms with Crippen LogP contribution in [-0.2, 0) is 13.1 Å². The van der Waals surface area contributed by atoms with Gasteiger partial charge >= 0.3 is 6.03 Å². The SMILES string of the molecule is Cc1ccn2cc(CNC(=O)N3CCCC4(CCN(Cc5ccc(Cl)c(Cl)c5)C4)C3)nc2n1. The normalized spacial score (nSPS) is 21.2. The molecule has 1 N–H and O–H groups in total. The van der Waals surface area contributed by atoms with Gasteiger partial charge in [0.25, 0.3) is 0 Å². The van der Waals surface area contributed by atoms with E-state index in [0.29, 0.717) is 22.4 Å². The fourth-order valence-electron chi connectivity index (χ4n) is 5.15. The van der Waals surface area contributed by atoms with Crippen LogP contribution in [0.5, 0.6) is 0 Å². The molecule has 1 atom stereocenters. The van der Waals surface area contributed by atoms with Crippen LogP contribution in [0.1, 0.15) is 36.2 Å². The number of hydrogen-bond acceptors (Lipinski definition) is 4. The summed E-state index contributed by atoms with van der Waals surface area (Å²) < 4.78 is 1.88. The predicted octanol–water partition coefficient (Wildman–Crippen LogP) is 4.54. The Kier molecular flexibility index (Phi) is 6.20. The molecule has 1 aromatic carbocycles. The number of nitrogens with one attached hydrogen (secondary N) is 1. The molecular weight excluding hydrogens is 459 g/mol. The average molecular weight is 487 g/mol. The number of aromatic nitrogens is 3. The van der Waals surface area contributed by atoms with Crippen molar-refractivity contribution in [2.45, 2.75) is 39.3 Å². The highest BCUT2D eigenvalue weighted by Gasteiger charge is 2.42. The number of rotatable bonds is 4. The first-order chi connectivity index (χ1) is 15.9. The highest BCUT2D eigenvalue weighted by Crippen LogP contribution is 2.39. The zero-order valence-corrected chi connectivity index (χ0v) is 20.2. The second-order valence-corrected chi connectivity index (χ2v) is 10.2. The standard InChI is InChI=1S/C24H28Cl2N6O/c1-17-5-9-31-14-19(29-22(31)28-17)12-27-23(33)32-8-2-6-24(16-32)7-10-30(15-24)13-18-3-4-20(25)21(26)11-18/h3-5,9,11,14H,2,6-8,10,12-13,15-16H2,1H3,(H,27,33). The summed E-state index contributed by atoms with van der Waals surface area (Å²) in [6.45, 7) is 6.81. The average Bonchev–Trinajstić information content (AvgIpc) is 3.37. The minimum absolute atomic E-state index is 0.0156. The van der Waals surface area contributed by atoms with Gasteiger partial charge in [-0.05, 0) is 56.5 Å². The Balaban J connectivity index is 1.17. The first-order valence-electron chi connectivity index (χ1n) is 11.4. The molecule has 2 aliphatic heterocycles. The number of halogens is 2. The molecule has 2 saturated heterocycles. The second-order valence-electron chi connectivity index (χ2n) is 9.40. The Morgan fingerprint density at radius 2 is 2.00 bits per heavy atom. The number of aryl methyl sites for hydroxylation is 1. The fourth-order valence-corrected chi connectivity index (χ4v) is 5.47. The smallest absolute Gasteiger partial charge is 0.317 e. The Morgan fingerprint density at radius 3 is 2.85 bits per heavy atom. The van der Waals surface area contributed by atoms with Gasteiger partial charge in [-0.2, -0.15) is 0 Å². The molecule has 0 saturated carbocycles. The number of amides is 2. The van der Waals surface area contributed by atoms with Crippen molar-refractivity contribution in [3.8, 4) is 0 Å². The maximum atomic E-state index is 12.9. The van der Waals surface area contributed by atoms with Crippen LogP contribution >= 0.6 is 23.2 Å². The van der Waals surface area contributed by atoms with E-state index in [-0.39, 0.29) is 11.4 Å². The van der Waals surface area contributed by atoms with Gasteiger partial charge in [0.15, 0.2) is 0 Å². The van der Waals surface area contributed by atoms with E-state index in [1.807, 2.05) is 52.9 Å². The molecule has 1 unspecified atom stereocenters. The molecule has 0 aliphatic carbocycles. The number of fused-ring (bicyclic) bond motifs is 1. The maximum Gasteiger partial charge on any atom is 0.317 e. The van der Waals surface area contributed by atoms with Crippen LogP contribution < -0.4 is 5.32 Å². The van der Waals surface area contributed by atoms with Crippen molar-refractivity contribution in [3.05, 3.63) is 63.7 Å². The van der Waals surface area contributed by atoms with Crippen LogP contribution in [0.3, 0.4) is 0 Å². The Labute approximate surface area is 203 Å². The first kappa shape index (κ1) is 22.4. The summed E-state index contributed by atoms with van der Waals surface area (Å²) in [7, 11) is 0. The summed E-state index contributed by atoms with van der Waals surface area (Å²) in [6, 6.07) is 7.77. The molecule has 2 amide bonds. The van der Waals surface area contributed by atoms with Gasteiger partial charge in [-0.15, -0.1) is 0 Å². The molecule has 0 radical (unpaired) electrons. The van der Waals surface area contributed by atoms with Crippen molar-refractivity contribution in [2.75, 3.05) is 26.2 Å². The summed E-state index contributed by atoms with van der Waals surface area (Å²) >= 11 is 12.2. The van der Waals surface area contributed by atoms with Gasteiger partial charge in [0.05, 0.1) is 22.3 Å². The molecule has 2 fully saturated rings. The zero-order chi connectivity index (χ0) is 23.0. The van der Waals surface area contributed by atoms with Crippen LogP contribution in [0.15, 0.2) is 36.7 Å². The maximum absolute atomic E-state index is 12.9. The zero-order valence-electron chi connectivity index (χ0n) is 18.7. The lowest BCUT2D eigenvalue weighted by molar-refractivity contribution is 0.107. The highest BCUT2D eigenvalue weighted by atomic mass is 35.5. The number of piperidine rings is 1. The molecular formula is C24H28Cl2N6O. The largest absolute Gasteiger partial charge is 0.332 e. The predicted molar refractivity (Wildman–Crippen MR) is 130 cm³/mol. The minimum atomic E-state index is -0.0156. The Bertz CT molecular complexity index is 1180. The quantitative estimate of drug-likeness (QED) is 0.587. The van der Waals surface area contributed by atoms with Crippen molar-refractivity contribution in [2.24, 2.45) is 5.41 Å². The second kappa shape index (κ2) is 9.12. The van der Waals surface area contributed by atoms with E-state index in [4.69, 9.17) is 23.2 Å². The van der Waals surface area contributed by atoms with Crippen molar-refractivity contribution in [3.63, 3.8) is 0 Å². The van der Waals surface area contributed by atoms with Crippen molar-refractivity contribution >= 4 is 35.0 Å². The summed E-state index contributed by atoms with van der Waals surface area (Å²) in [4.78, 5) is 26.3. The number of imidazole rings is 1. The Hall–Kier alpha value is -2.35. The summed E-state index contributed by atoms with van der Waals surface area (Å²) in [6.07, 6.45) is 7.15. The van der Waals surface area contributed by atoms with E-state index in [1.54, 1.807) is 0 Å². The highest BCUT2D eigenvalue weighted by molar-refractivity contribution is 6.42. The molecule has 9 heteroatoms. The van der Waals surface area contributed by atoms with Crippen molar-refractivity contribution in [1.82, 2.24) is 29.5 Å². The van der Waals surface area contributed by atoms with E-state index >= 15 is 0 Å². The van der Waals surface area contributed by atoms with Crippen molar-refractivity contribution < 1.29 is 4.79 Å². The monoisotopic (exact) mass is 486 g/mol. The third kappa shape index (κ3) is 4.95. The topological polar surface area (TPSA) is 65.8 Å². The summed E-state index contributed by atoms with van der Waals surface area (Å²) in [5.41, 5.74) is 3.06. The third-order valence-electron chi connectivity index (χ3n) is 6.79. The molecule has 33 heavy (non-hydrogen) atoms. The van der Waals surface area contributed by atoms with E-state index in [0.717, 1.165) is 63.4 Å². The summed E-state index contributed by atoms with van der Waals surface area (Å²) in [5, 5.41) is 4.24. The molecule has 7 nitrogen and oxygen atoms in total. The van der Waals surface area contributed by atoms with Crippen molar-refractivity contribution in [1.29, 1.82) is 0 Å². The molecule has 5 rings (SSSR count). The minimum Gasteiger partial charge on any atom is -0.332 e. The van der Waals surface area contributed by atoms with Gasteiger partial charge in [-0.1, -0.05) is 29.3 Å². The number of benzene rings is 1. The molecule has 1 spiro atoms. The van der Waals surface area contributed by atoms with E-state index in [9.17, 15) is 4.79 Å². The van der Waals surface area contributed by atoms with Gasteiger partial charge in [-0.3, -0.25) is 9.30 Å². The van der Waals surface area contributed by atoms with Crippen LogP contribution in [-0.4, -0.2) is 56.4 Å². The van der Waals surface area contributed by atoms with E-state index in [1.165, 1.54) is 5.56 Å². The molecule has 4 heterocycles. The first-order valence-corrected chi connectivity index (χ1v) is 12.2. The van der Waals surface area contributed by atoms with Gasteiger partial charge < -0.3 is 10.2 Å². The van der Waals surface area contributed by atoms with Crippen LogP contribution in [0, 0.1) is 12.3 Å². The number of nitrogens with zero attached hydrogens (tertiary/aromatic N) is 5. The van der Waals surface area contributed by atoms with Crippen LogP contribution in [0.4, 0.5) is 4.79 Å². The lowest BCUT2D eigenvalue weighted by Gasteiger charge is -2.40. The molecule has 2 aliphatic rings. The number of carbonyl (C=O) groups excluding carboxylic acids is 1. The fraction of sp³-hybridized carbons (Fsp3) is 0.458. The van der Waals surface area contributed by atoms with E-state index < -0.39 is 0 Å². The van der Waals surface area contributed by atoms with Gasteiger partial charge in [0.1, 0.15) is 0 Å². The lowest BCUT2D eigenvalue weighted by atomic mass is 9.79. The van der Waals surface area contributed by atoms with Gasteiger partial charge in [0.2, 0.25) is 5.78 Å². The number of urea groups is 1. The molecule has 174 valence electrons. The Morgan fingerprint density at radius 1 is 1.12 bits per heavy atom. The molecule has 2 aromatic heterocycles.